The van der Waals surface area contributed by atoms with E-state index in [2.05, 4.69) is 5.32 Å². The van der Waals surface area contributed by atoms with Gasteiger partial charge in [-0.1, -0.05) is 67.8 Å². The van der Waals surface area contributed by atoms with Crippen LogP contribution in [0, 0.1) is 0 Å². The van der Waals surface area contributed by atoms with Gasteiger partial charge in [-0.25, -0.2) is 0 Å². The first-order valence-corrected chi connectivity index (χ1v) is 9.37. The Bertz CT molecular complexity index is 724. The van der Waals surface area contributed by atoms with Crippen LogP contribution in [-0.4, -0.2) is 17.9 Å². The third kappa shape index (κ3) is 4.31. The van der Waals surface area contributed by atoms with Crippen LogP contribution in [0.4, 0.5) is 5.69 Å². The summed E-state index contributed by atoms with van der Waals surface area (Å²) in [7, 11) is 0. The van der Waals surface area contributed by atoms with Crippen molar-refractivity contribution in [2.45, 2.75) is 51.1 Å². The molecule has 1 aliphatic rings. The fourth-order valence-corrected chi connectivity index (χ4v) is 3.68. The van der Waals surface area contributed by atoms with E-state index in [1.165, 1.54) is 13.3 Å². The molecule has 3 rings (SSSR count). The molecule has 136 valence electrons. The van der Waals surface area contributed by atoms with Crippen molar-refractivity contribution in [3.8, 4) is 0 Å². The van der Waals surface area contributed by atoms with Crippen LogP contribution in [0.25, 0.3) is 0 Å². The van der Waals surface area contributed by atoms with E-state index in [9.17, 15) is 9.59 Å². The first-order valence-electron chi connectivity index (χ1n) is 9.37. The highest BCUT2D eigenvalue weighted by Gasteiger charge is 2.32. The molecule has 1 unspecified atom stereocenters. The van der Waals surface area contributed by atoms with Crippen molar-refractivity contribution < 1.29 is 9.59 Å². The van der Waals surface area contributed by atoms with Gasteiger partial charge in [-0.3, -0.25) is 14.5 Å². The molecule has 2 aromatic rings. The van der Waals surface area contributed by atoms with Crippen molar-refractivity contribution >= 4 is 17.5 Å². The lowest BCUT2D eigenvalue weighted by atomic mass is 9.94. The summed E-state index contributed by atoms with van der Waals surface area (Å²) in [4.78, 5) is 27.3. The highest BCUT2D eigenvalue weighted by molar-refractivity contribution is 6.00. The van der Waals surface area contributed by atoms with Crippen LogP contribution in [-0.2, 0) is 9.59 Å². The second-order valence-electron chi connectivity index (χ2n) is 6.88. The summed E-state index contributed by atoms with van der Waals surface area (Å²) in [5.74, 6) is -0.258. The zero-order valence-corrected chi connectivity index (χ0v) is 15.2. The van der Waals surface area contributed by atoms with E-state index >= 15 is 0 Å². The fraction of sp³-hybridized carbons (Fsp3) is 0.364. The Hall–Kier alpha value is -2.62. The lowest BCUT2D eigenvalue weighted by Crippen LogP contribution is -2.46. The Balaban J connectivity index is 1.94. The zero-order chi connectivity index (χ0) is 18.4. The Morgan fingerprint density at radius 3 is 2.08 bits per heavy atom. The van der Waals surface area contributed by atoms with E-state index in [1.807, 2.05) is 60.7 Å². The highest BCUT2D eigenvalue weighted by atomic mass is 16.2. The Morgan fingerprint density at radius 1 is 0.923 bits per heavy atom. The van der Waals surface area contributed by atoms with Gasteiger partial charge in [0.2, 0.25) is 11.8 Å². The first kappa shape index (κ1) is 18.2. The summed E-state index contributed by atoms with van der Waals surface area (Å²) in [5.41, 5.74) is 1.55. The standard InChI is InChI=1S/C22H26N2O2/c1-17(25)24(20-15-9-4-10-16-20)21(18-11-5-2-6-12-18)22(26)23-19-13-7-3-8-14-19/h2,4-6,9-12,15-16,19,21H,3,7-8,13-14H2,1H3,(H,23,26). The summed E-state index contributed by atoms with van der Waals surface area (Å²) in [6.07, 6.45) is 5.56. The van der Waals surface area contributed by atoms with Gasteiger partial charge in [0.15, 0.2) is 0 Å². The molecule has 1 atom stereocenters. The number of nitrogens with zero attached hydrogens (tertiary/aromatic N) is 1. The van der Waals surface area contributed by atoms with Gasteiger partial charge in [0, 0.05) is 18.7 Å². The van der Waals surface area contributed by atoms with Gasteiger partial charge in [-0.2, -0.15) is 0 Å². The molecule has 4 nitrogen and oxygen atoms in total. The highest BCUT2D eigenvalue weighted by Crippen LogP contribution is 2.28. The quantitative estimate of drug-likeness (QED) is 0.877. The second-order valence-corrected chi connectivity index (χ2v) is 6.88. The third-order valence-electron chi connectivity index (χ3n) is 4.95. The van der Waals surface area contributed by atoms with Crippen molar-refractivity contribution in [1.82, 2.24) is 5.32 Å². The molecule has 26 heavy (non-hydrogen) atoms. The van der Waals surface area contributed by atoms with Crippen LogP contribution in [0.5, 0.6) is 0 Å². The van der Waals surface area contributed by atoms with E-state index in [0.717, 1.165) is 36.9 Å². The molecule has 1 N–H and O–H groups in total. The summed E-state index contributed by atoms with van der Waals surface area (Å²) in [5, 5.41) is 3.19. The van der Waals surface area contributed by atoms with Crippen molar-refractivity contribution in [1.29, 1.82) is 0 Å². The average Bonchev–Trinajstić information content (AvgIpc) is 2.67. The largest absolute Gasteiger partial charge is 0.351 e. The second kappa shape index (κ2) is 8.65. The number of amides is 2. The minimum atomic E-state index is -0.668. The topological polar surface area (TPSA) is 49.4 Å². The van der Waals surface area contributed by atoms with E-state index < -0.39 is 6.04 Å². The third-order valence-corrected chi connectivity index (χ3v) is 4.95. The summed E-state index contributed by atoms with van der Waals surface area (Å²) in [6, 6.07) is 18.5. The Kier molecular flexibility index (Phi) is 6.05. The van der Waals surface area contributed by atoms with Crippen LogP contribution in [0.1, 0.15) is 50.6 Å². The minimum Gasteiger partial charge on any atom is -0.351 e. The summed E-state index contributed by atoms with van der Waals surface area (Å²) >= 11 is 0. The number of carbonyl (C=O) groups excluding carboxylic acids is 2. The number of anilines is 1. The van der Waals surface area contributed by atoms with Gasteiger partial charge >= 0.3 is 0 Å². The Labute approximate surface area is 155 Å². The maximum absolute atomic E-state index is 13.2. The van der Waals surface area contributed by atoms with Crippen LogP contribution in [0.15, 0.2) is 60.7 Å². The Morgan fingerprint density at radius 2 is 1.50 bits per heavy atom. The molecular weight excluding hydrogens is 324 g/mol. The molecule has 4 heteroatoms. The number of carbonyl (C=O) groups is 2. The molecule has 0 spiro atoms. The first-order chi connectivity index (χ1) is 12.7. The number of para-hydroxylation sites is 1. The molecule has 1 fully saturated rings. The van der Waals surface area contributed by atoms with Crippen molar-refractivity contribution in [3.05, 3.63) is 66.2 Å². The van der Waals surface area contributed by atoms with E-state index in [0.29, 0.717) is 0 Å². The lowest BCUT2D eigenvalue weighted by molar-refractivity contribution is -0.126. The zero-order valence-electron chi connectivity index (χ0n) is 15.2. The molecule has 0 bridgehead atoms. The van der Waals surface area contributed by atoms with Crippen LogP contribution < -0.4 is 10.2 Å². The number of hydrogen-bond donors (Lipinski definition) is 1. The van der Waals surface area contributed by atoms with Crippen LogP contribution in [0.3, 0.4) is 0 Å². The molecule has 2 aromatic carbocycles. The predicted octanol–water partition coefficient (Wildman–Crippen LogP) is 4.23. The molecule has 2 amide bonds. The molecule has 1 aliphatic carbocycles. The lowest BCUT2D eigenvalue weighted by Gasteiger charge is -2.32. The van der Waals surface area contributed by atoms with Gasteiger partial charge in [-0.05, 0) is 30.5 Å². The van der Waals surface area contributed by atoms with Crippen molar-refractivity contribution in [2.75, 3.05) is 4.90 Å². The SMILES string of the molecule is CC(=O)N(c1ccccc1)C(C(=O)NC1CCCCC1)c1ccccc1. The van der Waals surface area contributed by atoms with E-state index in [1.54, 1.807) is 4.90 Å². The van der Waals surface area contributed by atoms with Gasteiger partial charge in [-0.15, -0.1) is 0 Å². The maximum Gasteiger partial charge on any atom is 0.248 e. The minimum absolute atomic E-state index is 0.109. The van der Waals surface area contributed by atoms with Crippen LogP contribution in [0.2, 0.25) is 0 Å². The monoisotopic (exact) mass is 350 g/mol. The maximum atomic E-state index is 13.2. The summed E-state index contributed by atoms with van der Waals surface area (Å²) in [6.45, 7) is 1.51. The smallest absolute Gasteiger partial charge is 0.248 e. The molecule has 0 aromatic heterocycles. The molecular formula is C22H26N2O2. The number of rotatable bonds is 5. The number of benzene rings is 2. The molecule has 0 heterocycles. The van der Waals surface area contributed by atoms with Crippen LogP contribution >= 0.6 is 0 Å². The van der Waals surface area contributed by atoms with Gasteiger partial charge < -0.3 is 5.32 Å². The number of hydrogen-bond acceptors (Lipinski definition) is 2. The van der Waals surface area contributed by atoms with Gasteiger partial charge in [0.05, 0.1) is 0 Å². The molecule has 0 aliphatic heterocycles. The fourth-order valence-electron chi connectivity index (χ4n) is 3.68. The molecule has 0 saturated heterocycles. The van der Waals surface area contributed by atoms with Crippen molar-refractivity contribution in [2.24, 2.45) is 0 Å². The normalized spacial score (nSPS) is 15.9. The van der Waals surface area contributed by atoms with E-state index in [4.69, 9.17) is 0 Å². The summed E-state index contributed by atoms with van der Waals surface area (Å²) < 4.78 is 0. The van der Waals surface area contributed by atoms with E-state index in [-0.39, 0.29) is 17.9 Å². The molecule has 0 radical (unpaired) electrons. The molecule has 1 saturated carbocycles. The average molecular weight is 350 g/mol. The van der Waals surface area contributed by atoms with Gasteiger partial charge in [0.1, 0.15) is 6.04 Å². The predicted molar refractivity (Wildman–Crippen MR) is 104 cm³/mol. The number of nitrogens with one attached hydrogen (secondary N) is 1. The van der Waals surface area contributed by atoms with Crippen molar-refractivity contribution in [3.63, 3.8) is 0 Å². The van der Waals surface area contributed by atoms with Gasteiger partial charge in [0.25, 0.3) is 0 Å².